The van der Waals surface area contributed by atoms with Gasteiger partial charge in [0.25, 0.3) is 0 Å². The van der Waals surface area contributed by atoms with Crippen LogP contribution in [0, 0.1) is 0 Å². The van der Waals surface area contributed by atoms with Gasteiger partial charge in [0, 0.05) is 38.0 Å². The number of carbonyl (C=O) groups is 3. The highest BCUT2D eigenvalue weighted by Gasteiger charge is 2.28. The number of amides is 3. The van der Waals surface area contributed by atoms with Crippen LogP contribution in [0.2, 0.25) is 0 Å². The van der Waals surface area contributed by atoms with E-state index in [1.807, 2.05) is 54.6 Å². The Kier molecular flexibility index (Phi) is 9.49. The number of nitrogens with one attached hydrogen (secondary N) is 2. The standard InChI is InChI=1S/C27H32N8O3S/c28-9-11-35(12-10-29)25(36)14-19(30)26(37)34-22(15-24-33-21-7-3-4-8-23(21)39-24)27(38)32-18-13-17-5-1-2-6-20(17)31-16-18/h1-8,13,16,19,22H,9-12,14-15,28-30H2,(H,32,38)(H,34,37)/t19-,22-/m0/s1. The number of hydrogen-bond donors (Lipinski definition) is 5. The molecule has 39 heavy (non-hydrogen) atoms. The minimum atomic E-state index is -1.16. The van der Waals surface area contributed by atoms with E-state index in [9.17, 15) is 14.4 Å². The van der Waals surface area contributed by atoms with Crippen LogP contribution in [-0.4, -0.2) is 70.9 Å². The van der Waals surface area contributed by atoms with Crippen LogP contribution in [0.15, 0.2) is 60.8 Å². The van der Waals surface area contributed by atoms with Gasteiger partial charge >= 0.3 is 0 Å². The molecule has 2 heterocycles. The van der Waals surface area contributed by atoms with E-state index in [0.717, 1.165) is 21.1 Å². The average molecular weight is 549 g/mol. The molecule has 3 amide bonds. The highest BCUT2D eigenvalue weighted by Crippen LogP contribution is 2.23. The maximum atomic E-state index is 13.4. The van der Waals surface area contributed by atoms with E-state index >= 15 is 0 Å². The summed E-state index contributed by atoms with van der Waals surface area (Å²) in [4.78, 5) is 49.6. The van der Waals surface area contributed by atoms with Crippen molar-refractivity contribution in [2.24, 2.45) is 17.2 Å². The number of pyridine rings is 1. The van der Waals surface area contributed by atoms with Gasteiger partial charge in [-0.15, -0.1) is 11.3 Å². The first kappa shape index (κ1) is 28.0. The van der Waals surface area contributed by atoms with Crippen molar-refractivity contribution in [2.75, 3.05) is 31.5 Å². The summed E-state index contributed by atoms with van der Waals surface area (Å²) in [5, 5.41) is 7.11. The molecule has 2 aromatic heterocycles. The summed E-state index contributed by atoms with van der Waals surface area (Å²) in [6.45, 7) is 1.15. The molecular formula is C27H32N8O3S. The van der Waals surface area contributed by atoms with Crippen molar-refractivity contribution >= 4 is 55.9 Å². The number of aromatic nitrogens is 2. The molecule has 0 saturated carbocycles. The van der Waals surface area contributed by atoms with E-state index in [-0.39, 0.29) is 31.8 Å². The topological polar surface area (TPSA) is 182 Å². The quantitative estimate of drug-likeness (QED) is 0.173. The molecule has 0 saturated heterocycles. The van der Waals surface area contributed by atoms with Gasteiger partial charge in [-0.25, -0.2) is 4.98 Å². The zero-order valence-electron chi connectivity index (χ0n) is 21.4. The van der Waals surface area contributed by atoms with Crippen molar-refractivity contribution in [3.05, 3.63) is 65.8 Å². The largest absolute Gasteiger partial charge is 0.343 e. The van der Waals surface area contributed by atoms with E-state index in [0.29, 0.717) is 23.8 Å². The first-order valence-corrected chi connectivity index (χ1v) is 13.4. The second-order valence-electron chi connectivity index (χ2n) is 9.02. The molecule has 2 aromatic carbocycles. The van der Waals surface area contributed by atoms with E-state index in [4.69, 9.17) is 17.2 Å². The molecule has 0 fully saturated rings. The average Bonchev–Trinajstić information content (AvgIpc) is 3.35. The lowest BCUT2D eigenvalue weighted by Gasteiger charge is -2.24. The molecule has 8 N–H and O–H groups in total. The number of nitrogens with zero attached hydrogens (tertiary/aromatic N) is 3. The maximum absolute atomic E-state index is 13.4. The summed E-state index contributed by atoms with van der Waals surface area (Å²) < 4.78 is 0.971. The van der Waals surface area contributed by atoms with E-state index in [1.54, 1.807) is 6.20 Å². The third-order valence-corrected chi connectivity index (χ3v) is 7.15. The molecule has 0 aliphatic heterocycles. The summed E-state index contributed by atoms with van der Waals surface area (Å²) in [5.41, 5.74) is 19.3. The van der Waals surface area contributed by atoms with Crippen LogP contribution in [0.5, 0.6) is 0 Å². The van der Waals surface area contributed by atoms with E-state index in [2.05, 4.69) is 20.6 Å². The van der Waals surface area contributed by atoms with Crippen LogP contribution < -0.4 is 27.8 Å². The van der Waals surface area contributed by atoms with Crippen molar-refractivity contribution in [3.63, 3.8) is 0 Å². The van der Waals surface area contributed by atoms with Gasteiger partial charge in [0.15, 0.2) is 0 Å². The summed E-state index contributed by atoms with van der Waals surface area (Å²) in [5.74, 6) is -1.41. The molecular weight excluding hydrogens is 516 g/mol. The normalized spacial score (nSPS) is 12.7. The summed E-state index contributed by atoms with van der Waals surface area (Å²) in [6.07, 6.45) is 1.46. The van der Waals surface area contributed by atoms with Crippen molar-refractivity contribution in [3.8, 4) is 0 Å². The fourth-order valence-electron chi connectivity index (χ4n) is 4.12. The molecule has 4 rings (SSSR count). The number of hydrogen-bond acceptors (Lipinski definition) is 9. The summed E-state index contributed by atoms with van der Waals surface area (Å²) in [6, 6.07) is 14.8. The number of rotatable bonds is 12. The smallest absolute Gasteiger partial charge is 0.247 e. The predicted molar refractivity (Wildman–Crippen MR) is 153 cm³/mol. The Balaban J connectivity index is 1.50. The monoisotopic (exact) mass is 548 g/mol. The van der Waals surface area contributed by atoms with Gasteiger partial charge in [0.2, 0.25) is 17.7 Å². The van der Waals surface area contributed by atoms with Gasteiger partial charge < -0.3 is 32.7 Å². The van der Waals surface area contributed by atoms with Gasteiger partial charge in [-0.1, -0.05) is 30.3 Å². The van der Waals surface area contributed by atoms with Gasteiger partial charge in [0.05, 0.1) is 45.1 Å². The number of anilines is 1. The van der Waals surface area contributed by atoms with Crippen LogP contribution in [0.3, 0.4) is 0 Å². The second-order valence-corrected chi connectivity index (χ2v) is 10.1. The number of para-hydroxylation sites is 2. The maximum Gasteiger partial charge on any atom is 0.247 e. The third kappa shape index (κ3) is 7.33. The number of fused-ring (bicyclic) bond motifs is 2. The van der Waals surface area contributed by atoms with Gasteiger partial charge in [-0.05, 0) is 24.3 Å². The highest BCUT2D eigenvalue weighted by atomic mass is 32.1. The molecule has 11 nitrogen and oxygen atoms in total. The molecule has 204 valence electrons. The Morgan fingerprint density at radius 2 is 1.64 bits per heavy atom. The Bertz CT molecular complexity index is 1420. The van der Waals surface area contributed by atoms with Crippen molar-refractivity contribution in [2.45, 2.75) is 24.9 Å². The molecule has 0 spiro atoms. The molecule has 0 radical (unpaired) electrons. The fourth-order valence-corrected chi connectivity index (χ4v) is 5.13. The molecule has 0 aliphatic carbocycles. The number of nitrogens with two attached hydrogens (primary N) is 3. The van der Waals surface area contributed by atoms with Crippen LogP contribution in [-0.2, 0) is 20.8 Å². The molecule has 2 atom stereocenters. The Morgan fingerprint density at radius 3 is 2.36 bits per heavy atom. The van der Waals surface area contributed by atoms with Crippen molar-refractivity contribution in [1.29, 1.82) is 0 Å². The third-order valence-electron chi connectivity index (χ3n) is 6.09. The molecule has 4 aromatic rings. The van der Waals surface area contributed by atoms with Crippen LogP contribution in [0.25, 0.3) is 21.1 Å². The van der Waals surface area contributed by atoms with Crippen LogP contribution in [0.4, 0.5) is 5.69 Å². The Labute approximate surface area is 229 Å². The molecule has 0 unspecified atom stereocenters. The molecule has 0 bridgehead atoms. The lowest BCUT2D eigenvalue weighted by atomic mass is 10.1. The number of benzene rings is 2. The summed E-state index contributed by atoms with van der Waals surface area (Å²) >= 11 is 1.44. The van der Waals surface area contributed by atoms with Crippen LogP contribution >= 0.6 is 11.3 Å². The van der Waals surface area contributed by atoms with Gasteiger partial charge in [0.1, 0.15) is 6.04 Å². The highest BCUT2D eigenvalue weighted by molar-refractivity contribution is 7.18. The lowest BCUT2D eigenvalue weighted by Crippen LogP contribution is -2.52. The van der Waals surface area contributed by atoms with E-state index in [1.165, 1.54) is 16.2 Å². The number of thiazole rings is 1. The van der Waals surface area contributed by atoms with Gasteiger partial charge in [-0.3, -0.25) is 19.4 Å². The zero-order valence-corrected chi connectivity index (χ0v) is 22.2. The van der Waals surface area contributed by atoms with Crippen molar-refractivity contribution in [1.82, 2.24) is 20.2 Å². The number of carbonyl (C=O) groups excluding carboxylic acids is 3. The van der Waals surface area contributed by atoms with Crippen LogP contribution in [0.1, 0.15) is 11.4 Å². The minimum absolute atomic E-state index is 0.144. The second kappa shape index (κ2) is 13.2. The molecule has 0 aliphatic rings. The predicted octanol–water partition coefficient (Wildman–Crippen LogP) is 0.974. The van der Waals surface area contributed by atoms with E-state index < -0.39 is 23.9 Å². The summed E-state index contributed by atoms with van der Waals surface area (Å²) in [7, 11) is 0. The van der Waals surface area contributed by atoms with Crippen molar-refractivity contribution < 1.29 is 14.4 Å². The first-order chi connectivity index (χ1) is 18.9. The SMILES string of the molecule is NCCN(CCN)C(=O)C[C@H](N)C(=O)N[C@@H](Cc1nc2ccccc2s1)C(=O)Nc1cnc2ccccc2c1. The first-order valence-electron chi connectivity index (χ1n) is 12.6. The molecule has 12 heteroatoms. The Morgan fingerprint density at radius 1 is 0.949 bits per heavy atom. The Hall–Kier alpha value is -3.97. The fraction of sp³-hybridized carbons (Fsp3) is 0.296. The lowest BCUT2D eigenvalue weighted by molar-refractivity contribution is -0.134. The zero-order chi connectivity index (χ0) is 27.8. The minimum Gasteiger partial charge on any atom is -0.343 e. The van der Waals surface area contributed by atoms with Gasteiger partial charge in [-0.2, -0.15) is 0 Å².